The standard InChI is InChI=1S/C17H20N6O2/c1-8(2)23-6-10(11-15(18)20-7-21-16(11)23)13-12(17(24)19-3)14(25-22-13)9-4-5-9/h6-9H,4-5H2,1-3H3,(H,19,24)(H2,18,20,21). The molecule has 1 fully saturated rings. The second-order valence-corrected chi connectivity index (χ2v) is 6.63. The van der Waals surface area contributed by atoms with Crippen molar-refractivity contribution >= 4 is 22.8 Å². The molecule has 4 rings (SSSR count). The molecular weight excluding hydrogens is 320 g/mol. The molecule has 0 aliphatic heterocycles. The maximum absolute atomic E-state index is 12.5. The fraction of sp³-hybridized carbons (Fsp3) is 0.412. The lowest BCUT2D eigenvalue weighted by Crippen LogP contribution is -2.19. The Morgan fingerprint density at radius 1 is 1.40 bits per heavy atom. The van der Waals surface area contributed by atoms with Gasteiger partial charge in [0.25, 0.3) is 5.91 Å². The van der Waals surface area contributed by atoms with E-state index in [1.165, 1.54) is 6.33 Å². The van der Waals surface area contributed by atoms with Crippen molar-refractivity contribution in [3.05, 3.63) is 23.8 Å². The van der Waals surface area contributed by atoms with Crippen LogP contribution in [0.2, 0.25) is 0 Å². The molecule has 25 heavy (non-hydrogen) atoms. The second-order valence-electron chi connectivity index (χ2n) is 6.63. The predicted molar refractivity (Wildman–Crippen MR) is 93.2 cm³/mol. The van der Waals surface area contributed by atoms with Gasteiger partial charge in [-0.2, -0.15) is 0 Å². The first-order valence-corrected chi connectivity index (χ1v) is 8.36. The van der Waals surface area contributed by atoms with E-state index in [1.807, 2.05) is 10.8 Å². The largest absolute Gasteiger partial charge is 0.383 e. The molecule has 0 bridgehead atoms. The van der Waals surface area contributed by atoms with Gasteiger partial charge in [0.2, 0.25) is 0 Å². The minimum Gasteiger partial charge on any atom is -0.383 e. The smallest absolute Gasteiger partial charge is 0.256 e. The average molecular weight is 340 g/mol. The van der Waals surface area contributed by atoms with E-state index in [0.717, 1.165) is 24.1 Å². The highest BCUT2D eigenvalue weighted by atomic mass is 16.5. The summed E-state index contributed by atoms with van der Waals surface area (Å²) in [6.07, 6.45) is 5.38. The van der Waals surface area contributed by atoms with Crippen LogP contribution in [0.3, 0.4) is 0 Å². The first-order chi connectivity index (χ1) is 12.0. The van der Waals surface area contributed by atoms with Crippen molar-refractivity contribution in [2.75, 3.05) is 12.8 Å². The van der Waals surface area contributed by atoms with Crippen LogP contribution in [0.25, 0.3) is 22.3 Å². The molecule has 1 aliphatic rings. The Labute approximate surface area is 144 Å². The molecule has 3 aromatic rings. The summed E-state index contributed by atoms with van der Waals surface area (Å²) in [4.78, 5) is 21.0. The number of rotatable bonds is 4. The summed E-state index contributed by atoms with van der Waals surface area (Å²) >= 11 is 0. The Bertz CT molecular complexity index is 967. The maximum atomic E-state index is 12.5. The van der Waals surface area contributed by atoms with E-state index < -0.39 is 0 Å². The highest BCUT2D eigenvalue weighted by Gasteiger charge is 2.36. The molecule has 1 aliphatic carbocycles. The Morgan fingerprint density at radius 3 is 2.80 bits per heavy atom. The number of carbonyl (C=O) groups is 1. The van der Waals surface area contributed by atoms with Gasteiger partial charge >= 0.3 is 0 Å². The van der Waals surface area contributed by atoms with Gasteiger partial charge in [0.15, 0.2) is 5.76 Å². The highest BCUT2D eigenvalue weighted by molar-refractivity contribution is 6.07. The summed E-state index contributed by atoms with van der Waals surface area (Å²) in [6, 6.07) is 0.170. The summed E-state index contributed by atoms with van der Waals surface area (Å²) in [5, 5.41) is 7.60. The summed E-state index contributed by atoms with van der Waals surface area (Å²) in [7, 11) is 1.60. The first kappa shape index (κ1) is 15.6. The molecule has 0 aromatic carbocycles. The van der Waals surface area contributed by atoms with Crippen LogP contribution in [0.5, 0.6) is 0 Å². The zero-order chi connectivity index (χ0) is 17.7. The fourth-order valence-corrected chi connectivity index (χ4v) is 3.14. The highest BCUT2D eigenvalue weighted by Crippen LogP contribution is 2.45. The number of carbonyl (C=O) groups excluding carboxylic acids is 1. The van der Waals surface area contributed by atoms with Crippen LogP contribution in [-0.4, -0.2) is 32.6 Å². The van der Waals surface area contributed by atoms with Gasteiger partial charge in [-0.1, -0.05) is 5.16 Å². The maximum Gasteiger partial charge on any atom is 0.256 e. The van der Waals surface area contributed by atoms with Crippen molar-refractivity contribution in [2.45, 2.75) is 38.6 Å². The third kappa shape index (κ3) is 2.36. The molecule has 0 atom stereocenters. The van der Waals surface area contributed by atoms with Crippen molar-refractivity contribution in [3.8, 4) is 11.3 Å². The van der Waals surface area contributed by atoms with E-state index in [2.05, 4.69) is 34.3 Å². The number of nitrogens with zero attached hydrogens (tertiary/aromatic N) is 4. The van der Waals surface area contributed by atoms with Gasteiger partial charge in [-0.25, -0.2) is 9.97 Å². The molecule has 8 heteroatoms. The minimum atomic E-state index is -0.209. The lowest BCUT2D eigenvalue weighted by Gasteiger charge is -2.07. The summed E-state index contributed by atoms with van der Waals surface area (Å²) < 4.78 is 7.56. The molecule has 0 unspecified atom stereocenters. The number of aromatic nitrogens is 4. The fourth-order valence-electron chi connectivity index (χ4n) is 3.14. The van der Waals surface area contributed by atoms with Crippen LogP contribution in [-0.2, 0) is 0 Å². The summed E-state index contributed by atoms with van der Waals surface area (Å²) in [6.45, 7) is 4.11. The number of fused-ring (bicyclic) bond motifs is 1. The quantitative estimate of drug-likeness (QED) is 0.754. The molecule has 0 radical (unpaired) electrons. The van der Waals surface area contributed by atoms with Gasteiger partial charge in [0.05, 0.1) is 5.39 Å². The summed E-state index contributed by atoms with van der Waals surface area (Å²) in [5.74, 6) is 1.06. The van der Waals surface area contributed by atoms with Crippen LogP contribution in [0.4, 0.5) is 5.82 Å². The van der Waals surface area contributed by atoms with Gasteiger partial charge in [0.1, 0.15) is 29.0 Å². The van der Waals surface area contributed by atoms with Gasteiger partial charge in [-0.05, 0) is 26.7 Å². The number of nitrogens with two attached hydrogens (primary N) is 1. The molecule has 130 valence electrons. The van der Waals surface area contributed by atoms with Gasteiger partial charge in [-0.15, -0.1) is 0 Å². The van der Waals surface area contributed by atoms with E-state index in [-0.39, 0.29) is 17.9 Å². The minimum absolute atomic E-state index is 0.170. The van der Waals surface area contributed by atoms with Gasteiger partial charge in [-0.3, -0.25) is 4.79 Å². The summed E-state index contributed by atoms with van der Waals surface area (Å²) in [5.41, 5.74) is 8.53. The number of nitrogens with one attached hydrogen (secondary N) is 1. The normalized spacial score (nSPS) is 14.4. The molecule has 3 aromatic heterocycles. The van der Waals surface area contributed by atoms with E-state index in [1.54, 1.807) is 7.05 Å². The zero-order valence-corrected chi connectivity index (χ0v) is 14.4. The Kier molecular flexibility index (Phi) is 3.48. The number of anilines is 1. The SMILES string of the molecule is CNC(=O)c1c(-c2cn(C(C)C)c3ncnc(N)c23)noc1C1CC1. The zero-order valence-electron chi connectivity index (χ0n) is 14.4. The van der Waals surface area contributed by atoms with Gasteiger partial charge < -0.3 is 20.1 Å². The Balaban J connectivity index is 2.01. The van der Waals surface area contributed by atoms with Crippen LogP contribution < -0.4 is 11.1 Å². The number of nitrogen functional groups attached to an aromatic ring is 1. The van der Waals surface area contributed by atoms with Crippen LogP contribution >= 0.6 is 0 Å². The second kappa shape index (κ2) is 5.58. The van der Waals surface area contributed by atoms with E-state index in [9.17, 15) is 4.79 Å². The van der Waals surface area contributed by atoms with Crippen molar-refractivity contribution in [3.63, 3.8) is 0 Å². The third-order valence-corrected chi connectivity index (χ3v) is 4.57. The predicted octanol–water partition coefficient (Wildman–Crippen LogP) is 2.49. The molecule has 1 amide bonds. The first-order valence-electron chi connectivity index (χ1n) is 8.36. The molecule has 0 spiro atoms. The van der Waals surface area contributed by atoms with Crippen molar-refractivity contribution in [2.24, 2.45) is 0 Å². The molecule has 3 heterocycles. The number of hydrogen-bond donors (Lipinski definition) is 2. The van der Waals surface area contributed by atoms with Crippen LogP contribution in [0.15, 0.2) is 17.0 Å². The van der Waals surface area contributed by atoms with Crippen molar-refractivity contribution < 1.29 is 9.32 Å². The lowest BCUT2D eigenvalue weighted by molar-refractivity contribution is 0.0961. The molecule has 3 N–H and O–H groups in total. The number of hydrogen-bond acceptors (Lipinski definition) is 6. The lowest BCUT2D eigenvalue weighted by atomic mass is 10.0. The van der Waals surface area contributed by atoms with E-state index >= 15 is 0 Å². The van der Waals surface area contributed by atoms with E-state index in [4.69, 9.17) is 10.3 Å². The molecule has 8 nitrogen and oxygen atoms in total. The topological polar surface area (TPSA) is 112 Å². The number of amides is 1. The molecular formula is C17H20N6O2. The van der Waals surface area contributed by atoms with Crippen molar-refractivity contribution in [1.29, 1.82) is 0 Å². The van der Waals surface area contributed by atoms with Crippen LogP contribution in [0.1, 0.15) is 54.8 Å². The van der Waals surface area contributed by atoms with Crippen molar-refractivity contribution in [1.82, 2.24) is 25.0 Å². The Hall–Kier alpha value is -2.90. The molecule has 1 saturated carbocycles. The van der Waals surface area contributed by atoms with Gasteiger partial charge in [0, 0.05) is 30.8 Å². The monoisotopic (exact) mass is 340 g/mol. The van der Waals surface area contributed by atoms with Crippen LogP contribution in [0, 0.1) is 0 Å². The third-order valence-electron chi connectivity index (χ3n) is 4.57. The Morgan fingerprint density at radius 2 is 2.16 bits per heavy atom. The average Bonchev–Trinajstić information content (AvgIpc) is 3.21. The molecule has 0 saturated heterocycles. The van der Waals surface area contributed by atoms with E-state index in [0.29, 0.717) is 28.2 Å².